The minimum Gasteiger partial charge on any atom is -0.457 e. The van der Waals surface area contributed by atoms with E-state index in [1.165, 1.54) is 29.3 Å². The first-order chi connectivity index (χ1) is 12.5. The van der Waals surface area contributed by atoms with Gasteiger partial charge in [0.1, 0.15) is 12.2 Å². The highest BCUT2D eigenvalue weighted by atomic mass is 35.5. The van der Waals surface area contributed by atoms with E-state index in [2.05, 4.69) is 0 Å². The summed E-state index contributed by atoms with van der Waals surface area (Å²) in [7, 11) is 0. The molecule has 0 unspecified atom stereocenters. The number of rotatable bonds is 3. The SMILES string of the molecule is O=C(OCc1cc(=O)oc2cc3c(cc12)CCC3)c1ccc(Cl)cc1Cl. The lowest BCUT2D eigenvalue weighted by molar-refractivity contribution is 0.0474. The monoisotopic (exact) mass is 388 g/mol. The molecule has 0 fully saturated rings. The number of fused-ring (bicyclic) bond motifs is 2. The molecule has 6 heteroatoms. The fourth-order valence-corrected chi connectivity index (χ4v) is 3.78. The van der Waals surface area contributed by atoms with Gasteiger partial charge in [-0.25, -0.2) is 9.59 Å². The van der Waals surface area contributed by atoms with Crippen LogP contribution >= 0.6 is 23.2 Å². The summed E-state index contributed by atoms with van der Waals surface area (Å²) in [6, 6.07) is 9.87. The molecule has 1 heterocycles. The van der Waals surface area contributed by atoms with Gasteiger partial charge in [0.05, 0.1) is 10.6 Å². The third-order valence-electron chi connectivity index (χ3n) is 4.55. The maximum Gasteiger partial charge on any atom is 0.339 e. The van der Waals surface area contributed by atoms with Crippen molar-refractivity contribution in [2.24, 2.45) is 0 Å². The zero-order valence-electron chi connectivity index (χ0n) is 13.7. The van der Waals surface area contributed by atoms with Crippen molar-refractivity contribution in [1.29, 1.82) is 0 Å². The van der Waals surface area contributed by atoms with Gasteiger partial charge in [0, 0.05) is 22.0 Å². The predicted octanol–water partition coefficient (Wildman–Crippen LogP) is 4.95. The second-order valence-corrected chi connectivity index (χ2v) is 7.11. The topological polar surface area (TPSA) is 56.5 Å². The molecule has 0 saturated carbocycles. The Hall–Kier alpha value is -2.30. The van der Waals surface area contributed by atoms with Gasteiger partial charge in [0.25, 0.3) is 0 Å². The number of benzene rings is 2. The van der Waals surface area contributed by atoms with Crippen LogP contribution in [0.3, 0.4) is 0 Å². The molecule has 1 aliphatic carbocycles. The van der Waals surface area contributed by atoms with Crippen molar-refractivity contribution in [1.82, 2.24) is 0 Å². The molecule has 0 radical (unpaired) electrons. The van der Waals surface area contributed by atoms with E-state index in [-0.39, 0.29) is 17.2 Å². The van der Waals surface area contributed by atoms with Gasteiger partial charge in [-0.1, -0.05) is 23.2 Å². The van der Waals surface area contributed by atoms with E-state index in [9.17, 15) is 9.59 Å². The van der Waals surface area contributed by atoms with Crippen molar-refractivity contribution in [3.8, 4) is 0 Å². The molecule has 0 atom stereocenters. The predicted molar refractivity (Wildman–Crippen MR) is 100 cm³/mol. The van der Waals surface area contributed by atoms with Crippen LogP contribution in [0.4, 0.5) is 0 Å². The minimum absolute atomic E-state index is 0.0430. The lowest BCUT2D eigenvalue weighted by atomic mass is 10.0. The van der Waals surface area contributed by atoms with Gasteiger partial charge in [-0.3, -0.25) is 0 Å². The lowest BCUT2D eigenvalue weighted by Crippen LogP contribution is -2.08. The second-order valence-electron chi connectivity index (χ2n) is 6.26. The van der Waals surface area contributed by atoms with Gasteiger partial charge < -0.3 is 9.15 Å². The molecule has 0 saturated heterocycles. The van der Waals surface area contributed by atoms with E-state index >= 15 is 0 Å². The highest BCUT2D eigenvalue weighted by Crippen LogP contribution is 2.29. The fourth-order valence-electron chi connectivity index (χ4n) is 3.29. The quantitative estimate of drug-likeness (QED) is 0.470. The molecule has 132 valence electrons. The third kappa shape index (κ3) is 3.22. The molecule has 0 aliphatic heterocycles. The Morgan fingerprint density at radius 2 is 1.85 bits per heavy atom. The van der Waals surface area contributed by atoms with E-state index in [1.807, 2.05) is 12.1 Å². The zero-order valence-corrected chi connectivity index (χ0v) is 15.2. The Kier molecular flexibility index (Phi) is 4.47. The molecule has 1 aliphatic rings. The second kappa shape index (κ2) is 6.78. The first-order valence-electron chi connectivity index (χ1n) is 8.22. The number of esters is 1. The Morgan fingerprint density at radius 3 is 2.62 bits per heavy atom. The van der Waals surface area contributed by atoms with Crippen LogP contribution in [0.2, 0.25) is 10.0 Å². The molecule has 4 nitrogen and oxygen atoms in total. The van der Waals surface area contributed by atoms with Gasteiger partial charge in [-0.15, -0.1) is 0 Å². The van der Waals surface area contributed by atoms with Crippen LogP contribution in [0.15, 0.2) is 45.6 Å². The van der Waals surface area contributed by atoms with Crippen LogP contribution in [0.25, 0.3) is 11.0 Å². The molecule has 3 aromatic rings. The third-order valence-corrected chi connectivity index (χ3v) is 5.10. The largest absolute Gasteiger partial charge is 0.457 e. The normalized spacial score (nSPS) is 13.0. The van der Waals surface area contributed by atoms with Gasteiger partial charge in [-0.2, -0.15) is 0 Å². The van der Waals surface area contributed by atoms with E-state index in [0.717, 1.165) is 24.6 Å². The van der Waals surface area contributed by atoms with Crippen LogP contribution in [0.5, 0.6) is 0 Å². The number of halogens is 2. The highest BCUT2D eigenvalue weighted by Gasteiger charge is 2.17. The fraction of sp³-hybridized carbons (Fsp3) is 0.200. The molecule has 2 aromatic carbocycles. The Bertz CT molecular complexity index is 1090. The maximum atomic E-state index is 12.3. The average molecular weight is 389 g/mol. The summed E-state index contributed by atoms with van der Waals surface area (Å²) in [6.45, 7) is -0.0430. The molecular weight excluding hydrogens is 375 g/mol. The molecule has 1 aromatic heterocycles. The summed E-state index contributed by atoms with van der Waals surface area (Å²) in [6.07, 6.45) is 3.09. The number of hydrogen-bond acceptors (Lipinski definition) is 4. The smallest absolute Gasteiger partial charge is 0.339 e. The van der Waals surface area contributed by atoms with Crippen LogP contribution in [0, 0.1) is 0 Å². The Morgan fingerprint density at radius 1 is 1.08 bits per heavy atom. The Balaban J connectivity index is 1.64. The maximum absolute atomic E-state index is 12.3. The number of hydrogen-bond donors (Lipinski definition) is 0. The van der Waals surface area contributed by atoms with Crippen LogP contribution in [-0.2, 0) is 24.2 Å². The first kappa shape index (κ1) is 17.1. The molecule has 26 heavy (non-hydrogen) atoms. The van der Waals surface area contributed by atoms with Crippen molar-refractivity contribution in [3.63, 3.8) is 0 Å². The molecule has 4 rings (SSSR count). The van der Waals surface area contributed by atoms with Crippen molar-refractivity contribution < 1.29 is 13.9 Å². The van der Waals surface area contributed by atoms with Crippen LogP contribution < -0.4 is 5.63 Å². The molecule has 0 spiro atoms. The Labute approximate surface area is 159 Å². The summed E-state index contributed by atoms with van der Waals surface area (Å²) in [5.74, 6) is -0.575. The van der Waals surface area contributed by atoms with E-state index in [1.54, 1.807) is 6.07 Å². The van der Waals surface area contributed by atoms with Gasteiger partial charge in [0.2, 0.25) is 0 Å². The highest BCUT2D eigenvalue weighted by molar-refractivity contribution is 6.36. The minimum atomic E-state index is -0.575. The molecule has 0 bridgehead atoms. The van der Waals surface area contributed by atoms with Gasteiger partial charge >= 0.3 is 11.6 Å². The van der Waals surface area contributed by atoms with Crippen molar-refractivity contribution >= 4 is 40.1 Å². The summed E-state index contributed by atoms with van der Waals surface area (Å²) in [5.41, 5.74) is 3.36. The molecule has 0 amide bonds. The van der Waals surface area contributed by atoms with Crippen molar-refractivity contribution in [2.45, 2.75) is 25.9 Å². The van der Waals surface area contributed by atoms with Gasteiger partial charge in [0.15, 0.2) is 0 Å². The number of aryl methyl sites for hydroxylation is 2. The summed E-state index contributed by atoms with van der Waals surface area (Å²) < 4.78 is 10.7. The summed E-state index contributed by atoms with van der Waals surface area (Å²) in [5, 5.41) is 1.45. The lowest BCUT2D eigenvalue weighted by Gasteiger charge is -2.10. The van der Waals surface area contributed by atoms with Gasteiger partial charge in [-0.05, 0) is 60.7 Å². The zero-order chi connectivity index (χ0) is 18.3. The average Bonchev–Trinajstić information content (AvgIpc) is 3.04. The van der Waals surface area contributed by atoms with Crippen molar-refractivity contribution in [2.75, 3.05) is 0 Å². The first-order valence-corrected chi connectivity index (χ1v) is 8.97. The van der Waals surface area contributed by atoms with E-state index < -0.39 is 11.6 Å². The number of carbonyl (C=O) groups is 1. The summed E-state index contributed by atoms with van der Waals surface area (Å²) >= 11 is 11.9. The van der Waals surface area contributed by atoms with Crippen LogP contribution in [0.1, 0.15) is 33.5 Å². The molecule has 0 N–H and O–H groups in total. The number of ether oxygens (including phenoxy) is 1. The van der Waals surface area contributed by atoms with Crippen LogP contribution in [-0.4, -0.2) is 5.97 Å². The van der Waals surface area contributed by atoms with Crippen molar-refractivity contribution in [3.05, 3.63) is 79.1 Å². The standard InChI is InChI=1S/C20H14Cl2O4/c21-14-4-5-15(17(22)9-14)20(24)25-10-13-8-19(23)26-18-7-12-3-1-2-11(12)6-16(13)18/h4-9H,1-3,10H2. The number of carbonyl (C=O) groups excluding carboxylic acids is 1. The summed E-state index contributed by atoms with van der Waals surface area (Å²) in [4.78, 5) is 24.2. The van der Waals surface area contributed by atoms with E-state index in [0.29, 0.717) is 16.2 Å². The van der Waals surface area contributed by atoms with E-state index in [4.69, 9.17) is 32.4 Å². The molecular formula is C20H14Cl2O4.